The van der Waals surface area contributed by atoms with E-state index in [9.17, 15) is 0 Å². The molecule has 2 aromatic carbocycles. The van der Waals surface area contributed by atoms with Crippen LogP contribution in [0.3, 0.4) is 0 Å². The standard InChI is InChI=1S/C25H36/c1-7-21-11-15-22(16-12-21)20(4)17-24(18-25(5,6)8-2)23-13-9-19(3)10-14-23/h9-16,20,24H,7-8,17-18H2,1-6H3. The van der Waals surface area contributed by atoms with Crippen molar-refractivity contribution in [3.63, 3.8) is 0 Å². The van der Waals surface area contributed by atoms with E-state index < -0.39 is 0 Å². The maximum Gasteiger partial charge on any atom is -0.0151 e. The predicted molar refractivity (Wildman–Crippen MR) is 111 cm³/mol. The second-order valence-electron chi connectivity index (χ2n) is 8.56. The van der Waals surface area contributed by atoms with E-state index in [4.69, 9.17) is 0 Å². The molecule has 2 aromatic rings. The zero-order chi connectivity index (χ0) is 18.4. The van der Waals surface area contributed by atoms with E-state index in [1.165, 1.54) is 41.5 Å². The molecule has 0 fully saturated rings. The zero-order valence-electron chi connectivity index (χ0n) is 17.1. The molecule has 0 heterocycles. The molecule has 0 N–H and O–H groups in total. The van der Waals surface area contributed by atoms with Gasteiger partial charge in [0.25, 0.3) is 0 Å². The SMILES string of the molecule is CCc1ccc(C(C)CC(CC(C)(C)CC)c2ccc(C)cc2)cc1. The topological polar surface area (TPSA) is 0 Å². The van der Waals surface area contributed by atoms with Gasteiger partial charge in [0.1, 0.15) is 0 Å². The van der Waals surface area contributed by atoms with E-state index in [2.05, 4.69) is 90.1 Å². The molecule has 0 amide bonds. The fraction of sp³-hybridized carbons (Fsp3) is 0.520. The molecule has 0 heteroatoms. The number of hydrogen-bond acceptors (Lipinski definition) is 0. The third-order valence-corrected chi connectivity index (χ3v) is 5.90. The second-order valence-corrected chi connectivity index (χ2v) is 8.56. The van der Waals surface area contributed by atoms with Gasteiger partial charge >= 0.3 is 0 Å². The first kappa shape index (κ1) is 19.8. The van der Waals surface area contributed by atoms with Crippen molar-refractivity contribution in [1.29, 1.82) is 0 Å². The second kappa shape index (κ2) is 8.70. The minimum absolute atomic E-state index is 0.390. The number of hydrogen-bond donors (Lipinski definition) is 0. The Bertz CT molecular complexity index is 631. The molecule has 0 aromatic heterocycles. The highest BCUT2D eigenvalue weighted by atomic mass is 14.3. The van der Waals surface area contributed by atoms with Gasteiger partial charge in [-0.3, -0.25) is 0 Å². The molecule has 0 aliphatic carbocycles. The molecule has 0 radical (unpaired) electrons. The van der Waals surface area contributed by atoms with Gasteiger partial charge in [0.15, 0.2) is 0 Å². The number of benzene rings is 2. The Morgan fingerprint density at radius 1 is 0.840 bits per heavy atom. The molecule has 0 nitrogen and oxygen atoms in total. The molecule has 0 aliphatic heterocycles. The summed E-state index contributed by atoms with van der Waals surface area (Å²) in [7, 11) is 0. The predicted octanol–water partition coefficient (Wildman–Crippen LogP) is 7.66. The van der Waals surface area contributed by atoms with Crippen molar-refractivity contribution in [2.45, 2.75) is 79.1 Å². The molecule has 2 rings (SSSR count). The largest absolute Gasteiger partial charge is 0.0649 e. The van der Waals surface area contributed by atoms with E-state index in [0.29, 0.717) is 17.3 Å². The molecule has 0 aliphatic rings. The Morgan fingerprint density at radius 2 is 1.40 bits per heavy atom. The summed E-state index contributed by atoms with van der Waals surface area (Å²) in [6.45, 7) is 13.9. The summed E-state index contributed by atoms with van der Waals surface area (Å²) < 4.78 is 0. The normalized spacial score (nSPS) is 14.3. The van der Waals surface area contributed by atoms with Gasteiger partial charge in [-0.25, -0.2) is 0 Å². The van der Waals surface area contributed by atoms with Crippen LogP contribution in [0.1, 0.15) is 88.0 Å². The molecule has 0 saturated heterocycles. The van der Waals surface area contributed by atoms with Gasteiger partial charge in [-0.2, -0.15) is 0 Å². The fourth-order valence-electron chi connectivity index (χ4n) is 3.63. The zero-order valence-corrected chi connectivity index (χ0v) is 17.1. The van der Waals surface area contributed by atoms with Crippen molar-refractivity contribution in [2.24, 2.45) is 5.41 Å². The molecule has 136 valence electrons. The van der Waals surface area contributed by atoms with Crippen molar-refractivity contribution in [3.05, 3.63) is 70.8 Å². The van der Waals surface area contributed by atoms with Crippen molar-refractivity contribution < 1.29 is 0 Å². The molecular weight excluding hydrogens is 300 g/mol. The minimum Gasteiger partial charge on any atom is -0.0649 e. The molecule has 25 heavy (non-hydrogen) atoms. The Morgan fingerprint density at radius 3 is 1.92 bits per heavy atom. The average molecular weight is 337 g/mol. The van der Waals surface area contributed by atoms with Gasteiger partial charge in [-0.15, -0.1) is 0 Å². The molecule has 2 atom stereocenters. The van der Waals surface area contributed by atoms with Crippen molar-refractivity contribution >= 4 is 0 Å². The van der Waals surface area contributed by atoms with E-state index in [0.717, 1.165) is 6.42 Å². The summed E-state index contributed by atoms with van der Waals surface area (Å²) in [5.74, 6) is 1.21. The van der Waals surface area contributed by atoms with Gasteiger partial charge in [0, 0.05) is 0 Å². The van der Waals surface area contributed by atoms with Crippen LogP contribution >= 0.6 is 0 Å². The lowest BCUT2D eigenvalue weighted by Crippen LogP contribution is -2.16. The van der Waals surface area contributed by atoms with Crippen LogP contribution in [0.2, 0.25) is 0 Å². The molecule has 0 saturated carbocycles. The fourth-order valence-corrected chi connectivity index (χ4v) is 3.63. The average Bonchev–Trinajstić information content (AvgIpc) is 2.61. The van der Waals surface area contributed by atoms with Crippen LogP contribution in [0.5, 0.6) is 0 Å². The van der Waals surface area contributed by atoms with Gasteiger partial charge in [0.2, 0.25) is 0 Å². The van der Waals surface area contributed by atoms with Crippen LogP contribution < -0.4 is 0 Å². The van der Waals surface area contributed by atoms with E-state index in [1.54, 1.807) is 0 Å². The van der Waals surface area contributed by atoms with Crippen molar-refractivity contribution in [1.82, 2.24) is 0 Å². The summed E-state index contributed by atoms with van der Waals surface area (Å²) in [6, 6.07) is 18.5. The highest BCUT2D eigenvalue weighted by Crippen LogP contribution is 2.39. The van der Waals surface area contributed by atoms with Crippen molar-refractivity contribution in [3.8, 4) is 0 Å². The lowest BCUT2D eigenvalue weighted by atomic mass is 9.74. The first-order valence-electron chi connectivity index (χ1n) is 10.00. The summed E-state index contributed by atoms with van der Waals surface area (Å²) >= 11 is 0. The Hall–Kier alpha value is -1.56. The Balaban J connectivity index is 2.20. The first-order valence-corrected chi connectivity index (χ1v) is 10.00. The molecular formula is C25H36. The quantitative estimate of drug-likeness (QED) is 0.464. The summed E-state index contributed by atoms with van der Waals surface area (Å²) in [5.41, 5.74) is 6.15. The van der Waals surface area contributed by atoms with Crippen LogP contribution in [0, 0.1) is 12.3 Å². The van der Waals surface area contributed by atoms with Crippen LogP contribution in [0.15, 0.2) is 48.5 Å². The molecule has 0 spiro atoms. The summed E-state index contributed by atoms with van der Waals surface area (Å²) in [6.07, 6.45) is 4.82. The smallest absolute Gasteiger partial charge is 0.0151 e. The summed E-state index contributed by atoms with van der Waals surface area (Å²) in [5, 5.41) is 0. The maximum absolute atomic E-state index is 2.41. The highest BCUT2D eigenvalue weighted by molar-refractivity contribution is 5.28. The number of aryl methyl sites for hydroxylation is 2. The van der Waals surface area contributed by atoms with Crippen LogP contribution in [-0.2, 0) is 6.42 Å². The van der Waals surface area contributed by atoms with Crippen LogP contribution in [0.4, 0.5) is 0 Å². The monoisotopic (exact) mass is 336 g/mol. The minimum atomic E-state index is 0.390. The van der Waals surface area contributed by atoms with Gasteiger partial charge in [-0.05, 0) is 60.1 Å². The van der Waals surface area contributed by atoms with Crippen LogP contribution in [-0.4, -0.2) is 0 Å². The van der Waals surface area contributed by atoms with Crippen LogP contribution in [0.25, 0.3) is 0 Å². The Labute approximate surface area is 155 Å². The maximum atomic E-state index is 2.41. The third-order valence-electron chi connectivity index (χ3n) is 5.90. The van der Waals surface area contributed by atoms with E-state index >= 15 is 0 Å². The first-order chi connectivity index (χ1) is 11.8. The van der Waals surface area contributed by atoms with Gasteiger partial charge < -0.3 is 0 Å². The van der Waals surface area contributed by atoms with Gasteiger partial charge in [-0.1, -0.05) is 95.1 Å². The van der Waals surface area contributed by atoms with E-state index in [-0.39, 0.29) is 0 Å². The lowest BCUT2D eigenvalue weighted by Gasteiger charge is -2.31. The number of rotatable bonds is 8. The Kier molecular flexibility index (Phi) is 6.87. The summed E-state index contributed by atoms with van der Waals surface area (Å²) in [4.78, 5) is 0. The van der Waals surface area contributed by atoms with Gasteiger partial charge in [0.05, 0.1) is 0 Å². The third kappa shape index (κ3) is 5.73. The highest BCUT2D eigenvalue weighted by Gasteiger charge is 2.24. The molecule has 0 bridgehead atoms. The lowest BCUT2D eigenvalue weighted by molar-refractivity contribution is 0.281. The van der Waals surface area contributed by atoms with E-state index in [1.807, 2.05) is 0 Å². The van der Waals surface area contributed by atoms with Crippen molar-refractivity contribution in [2.75, 3.05) is 0 Å². The molecule has 2 unspecified atom stereocenters.